The molecule has 0 amide bonds. The van der Waals surface area contributed by atoms with Crippen LogP contribution >= 0.6 is 0 Å². The third-order valence-corrected chi connectivity index (χ3v) is 2.46. The Kier molecular flexibility index (Phi) is 6.96. The van der Waals surface area contributed by atoms with Gasteiger partial charge in [-0.1, -0.05) is 30.3 Å². The highest BCUT2D eigenvalue weighted by Crippen LogP contribution is 2.12. The van der Waals surface area contributed by atoms with Crippen LogP contribution in [0.1, 0.15) is 16.1 Å². The molecule has 1 aromatic heterocycles. The molecule has 0 aliphatic carbocycles. The molecule has 2 aromatic rings. The first-order valence-electron chi connectivity index (χ1n) is 5.80. The number of carbonyl (C=O) groups excluding carboxylic acids is 1. The van der Waals surface area contributed by atoms with E-state index in [1.807, 2.05) is 30.3 Å². The minimum absolute atomic E-state index is 0.0614. The summed E-state index contributed by atoms with van der Waals surface area (Å²) in [6, 6.07) is 12.8. The van der Waals surface area contributed by atoms with Crippen LogP contribution in [-0.4, -0.2) is 25.7 Å². The number of halogens is 2. The Hall–Kier alpha value is -2.24. The largest absolute Gasteiger partial charge is 0.577 e. The number of hydrogen-bond donors (Lipinski definition) is 0. The van der Waals surface area contributed by atoms with Crippen molar-refractivity contribution >= 4 is 13.6 Å². The molecular weight excluding hydrogens is 263 g/mol. The summed E-state index contributed by atoms with van der Waals surface area (Å²) in [7, 11) is 0.595. The molecule has 0 unspecified atom stereocenters. The lowest BCUT2D eigenvalue weighted by Gasteiger charge is -2.03. The number of pyridine rings is 1. The standard InChI is InChI=1S/C14H13NO2.BF2/c1-17-13-7-8-15-12(9-13)10-14(16)11-5-3-2-4-6-11;2-1-3/h2-9H,10H2,1H3;. The molecule has 1 radical (unpaired) electrons. The van der Waals surface area contributed by atoms with Crippen molar-refractivity contribution in [1.29, 1.82) is 0 Å². The number of rotatable bonds is 4. The van der Waals surface area contributed by atoms with Gasteiger partial charge < -0.3 is 4.74 Å². The highest BCUT2D eigenvalue weighted by Gasteiger charge is 2.07. The normalized spacial score (nSPS) is 9.15. The van der Waals surface area contributed by atoms with E-state index in [2.05, 4.69) is 4.98 Å². The quantitative estimate of drug-likeness (QED) is 0.636. The number of ether oxygens (including phenoxy) is 1. The molecule has 2 rings (SSSR count). The number of ketones is 1. The van der Waals surface area contributed by atoms with Crippen molar-refractivity contribution < 1.29 is 18.2 Å². The first-order chi connectivity index (χ1) is 9.71. The second-order valence-electron chi connectivity index (χ2n) is 3.74. The molecule has 3 nitrogen and oxygen atoms in total. The average molecular weight is 276 g/mol. The minimum atomic E-state index is -1.00. The summed E-state index contributed by atoms with van der Waals surface area (Å²) in [6.07, 6.45) is 1.94. The van der Waals surface area contributed by atoms with Gasteiger partial charge in [-0.2, -0.15) is 0 Å². The highest BCUT2D eigenvalue weighted by molar-refractivity contribution is 6.15. The van der Waals surface area contributed by atoms with Gasteiger partial charge in [-0.15, -0.1) is 0 Å². The number of nitrogens with zero attached hydrogens (tertiary/aromatic N) is 1. The van der Waals surface area contributed by atoms with Gasteiger partial charge in [0.05, 0.1) is 19.2 Å². The van der Waals surface area contributed by atoms with Gasteiger partial charge in [-0.25, -0.2) is 0 Å². The second-order valence-corrected chi connectivity index (χ2v) is 3.74. The van der Waals surface area contributed by atoms with Gasteiger partial charge in [0.1, 0.15) is 5.75 Å². The van der Waals surface area contributed by atoms with Gasteiger partial charge in [0.15, 0.2) is 5.78 Å². The maximum atomic E-state index is 11.9. The van der Waals surface area contributed by atoms with Crippen LogP contribution in [0, 0.1) is 0 Å². The van der Waals surface area contributed by atoms with Crippen molar-refractivity contribution in [2.75, 3.05) is 7.11 Å². The Bertz CT molecular complexity index is 538. The van der Waals surface area contributed by atoms with Crippen molar-refractivity contribution in [1.82, 2.24) is 4.98 Å². The molecule has 0 aliphatic rings. The topological polar surface area (TPSA) is 39.2 Å². The molecular formula is C14H13BF2NO2. The van der Waals surface area contributed by atoms with E-state index in [0.29, 0.717) is 12.0 Å². The molecule has 1 aromatic carbocycles. The number of hydrogen-bond acceptors (Lipinski definition) is 3. The van der Waals surface area contributed by atoms with Crippen molar-refractivity contribution in [2.24, 2.45) is 0 Å². The Morgan fingerprint density at radius 3 is 2.50 bits per heavy atom. The molecule has 0 saturated carbocycles. The number of Topliss-reactive ketones (excluding diaryl/α,β-unsaturated/α-hetero) is 1. The molecule has 0 atom stereocenters. The maximum Gasteiger partial charge on any atom is 0.577 e. The third-order valence-electron chi connectivity index (χ3n) is 2.46. The van der Waals surface area contributed by atoms with Crippen LogP contribution < -0.4 is 4.74 Å². The third kappa shape index (κ3) is 5.18. The van der Waals surface area contributed by atoms with Crippen LogP contribution in [-0.2, 0) is 6.42 Å². The zero-order chi connectivity index (χ0) is 14.8. The van der Waals surface area contributed by atoms with Crippen LogP contribution in [0.25, 0.3) is 0 Å². The fraction of sp³-hybridized carbons (Fsp3) is 0.143. The van der Waals surface area contributed by atoms with Crippen LogP contribution in [0.3, 0.4) is 0 Å². The molecule has 0 bridgehead atoms. The van der Waals surface area contributed by atoms with Gasteiger partial charge in [-0.3, -0.25) is 18.4 Å². The molecule has 1 heterocycles. The van der Waals surface area contributed by atoms with Crippen LogP contribution in [0.5, 0.6) is 5.75 Å². The molecule has 0 aliphatic heterocycles. The summed E-state index contributed by atoms with van der Waals surface area (Å²) in [5.74, 6) is 0.780. The van der Waals surface area contributed by atoms with E-state index in [0.717, 1.165) is 11.4 Å². The Morgan fingerprint density at radius 1 is 1.25 bits per heavy atom. The lowest BCUT2D eigenvalue weighted by Crippen LogP contribution is -2.04. The van der Waals surface area contributed by atoms with Gasteiger partial charge >= 0.3 is 7.83 Å². The predicted octanol–water partition coefficient (Wildman–Crippen LogP) is 2.98. The summed E-state index contributed by atoms with van der Waals surface area (Å²) in [6.45, 7) is 0. The molecule has 6 heteroatoms. The van der Waals surface area contributed by atoms with Crippen molar-refractivity contribution in [3.05, 3.63) is 59.9 Å². The van der Waals surface area contributed by atoms with Crippen LogP contribution in [0.2, 0.25) is 0 Å². The Balaban J connectivity index is 0.000000612. The molecule has 20 heavy (non-hydrogen) atoms. The lowest BCUT2D eigenvalue weighted by molar-refractivity contribution is 0.0992. The van der Waals surface area contributed by atoms with Gasteiger partial charge in [0.25, 0.3) is 0 Å². The van der Waals surface area contributed by atoms with E-state index in [9.17, 15) is 13.4 Å². The van der Waals surface area contributed by atoms with Gasteiger partial charge in [-0.05, 0) is 6.07 Å². The predicted molar refractivity (Wildman–Crippen MR) is 73.2 cm³/mol. The van der Waals surface area contributed by atoms with Gasteiger partial charge in [0.2, 0.25) is 0 Å². The fourth-order valence-electron chi connectivity index (χ4n) is 1.57. The molecule has 0 saturated heterocycles. The SMILES string of the molecule is COc1ccnc(CC(=O)c2ccccc2)c1.F[B]F. The zero-order valence-corrected chi connectivity index (χ0v) is 10.9. The van der Waals surface area contributed by atoms with Gasteiger partial charge in [0, 0.05) is 17.8 Å². The van der Waals surface area contributed by atoms with Crippen molar-refractivity contribution in [3.63, 3.8) is 0 Å². The number of benzene rings is 1. The fourth-order valence-corrected chi connectivity index (χ4v) is 1.57. The maximum absolute atomic E-state index is 11.9. The van der Waals surface area contributed by atoms with Crippen molar-refractivity contribution in [3.8, 4) is 5.75 Å². The first-order valence-corrected chi connectivity index (χ1v) is 5.80. The molecule has 0 spiro atoms. The minimum Gasteiger partial charge on any atom is -0.497 e. The Labute approximate surface area is 117 Å². The van der Waals surface area contributed by atoms with Crippen molar-refractivity contribution in [2.45, 2.75) is 6.42 Å². The summed E-state index contributed by atoms with van der Waals surface area (Å²) in [4.78, 5) is 16.1. The van der Waals surface area contributed by atoms with E-state index in [4.69, 9.17) is 4.74 Å². The monoisotopic (exact) mass is 276 g/mol. The summed E-state index contributed by atoms with van der Waals surface area (Å²) in [5, 5.41) is 0. The Morgan fingerprint density at radius 2 is 1.90 bits per heavy atom. The molecule has 0 fully saturated rings. The number of methoxy groups -OCH3 is 1. The summed E-state index contributed by atoms with van der Waals surface area (Å²) >= 11 is 0. The van der Waals surface area contributed by atoms with Crippen LogP contribution in [0.15, 0.2) is 48.7 Å². The number of carbonyl (C=O) groups is 1. The smallest absolute Gasteiger partial charge is 0.497 e. The van der Waals surface area contributed by atoms with E-state index >= 15 is 0 Å². The van der Waals surface area contributed by atoms with E-state index in [1.165, 1.54) is 0 Å². The highest BCUT2D eigenvalue weighted by atomic mass is 19.2. The molecule has 103 valence electrons. The van der Waals surface area contributed by atoms with E-state index in [1.54, 1.807) is 25.4 Å². The summed E-state index contributed by atoms with van der Waals surface area (Å²) < 4.78 is 24.1. The van der Waals surface area contributed by atoms with E-state index < -0.39 is 7.83 Å². The summed E-state index contributed by atoms with van der Waals surface area (Å²) in [5.41, 5.74) is 1.43. The zero-order valence-electron chi connectivity index (χ0n) is 10.9. The second kappa shape index (κ2) is 8.80. The lowest BCUT2D eigenvalue weighted by atomic mass is 10.1. The van der Waals surface area contributed by atoms with E-state index in [-0.39, 0.29) is 5.78 Å². The van der Waals surface area contributed by atoms with Crippen LogP contribution in [0.4, 0.5) is 8.63 Å². The first kappa shape index (κ1) is 15.8. The molecule has 0 N–H and O–H groups in total. The number of aromatic nitrogens is 1. The average Bonchev–Trinajstić information content (AvgIpc) is 2.49.